The molecule has 0 aliphatic heterocycles. The number of ketones is 1. The quantitative estimate of drug-likeness (QED) is 0.569. The molecule has 0 N–H and O–H groups in total. The Morgan fingerprint density at radius 2 is 1.94 bits per heavy atom. The van der Waals surface area contributed by atoms with Crippen molar-refractivity contribution in [3.63, 3.8) is 0 Å². The fourth-order valence-electron chi connectivity index (χ4n) is 1.10. The summed E-state index contributed by atoms with van der Waals surface area (Å²) >= 11 is 0. The van der Waals surface area contributed by atoms with Crippen LogP contribution >= 0.6 is 0 Å². The van der Waals surface area contributed by atoms with Crippen molar-refractivity contribution in [1.82, 2.24) is 0 Å². The molecule has 0 radical (unpaired) electrons. The van der Waals surface area contributed by atoms with Gasteiger partial charge in [-0.2, -0.15) is 8.78 Å². The van der Waals surface area contributed by atoms with Crippen molar-refractivity contribution in [3.8, 4) is 0 Å². The number of rotatable bonds is 5. The number of Topliss-reactive ketones (excluding diaryl/α,β-unsaturated/α-hetero) is 1. The first-order valence-electron chi connectivity index (χ1n) is 4.87. The predicted octanol–water partition coefficient (Wildman–Crippen LogP) is 3.28. The van der Waals surface area contributed by atoms with Gasteiger partial charge >= 0.3 is 5.92 Å². The van der Waals surface area contributed by atoms with Crippen LogP contribution in [0.15, 0.2) is 60.3 Å². The fraction of sp³-hybridized carbons (Fsp3) is 0.0769. The van der Waals surface area contributed by atoms with Crippen molar-refractivity contribution in [2.24, 2.45) is 4.99 Å². The normalized spacial score (nSPS) is 12.1. The van der Waals surface area contributed by atoms with E-state index in [0.29, 0.717) is 6.08 Å². The summed E-state index contributed by atoms with van der Waals surface area (Å²) in [7, 11) is 0. The van der Waals surface area contributed by atoms with E-state index in [2.05, 4.69) is 11.6 Å². The van der Waals surface area contributed by atoms with Gasteiger partial charge in [-0.25, -0.2) is 0 Å². The second kappa shape index (κ2) is 5.84. The third kappa shape index (κ3) is 3.75. The number of carbonyl (C=O) groups is 1. The zero-order chi connectivity index (χ0) is 12.7. The van der Waals surface area contributed by atoms with E-state index in [1.54, 1.807) is 6.07 Å². The van der Waals surface area contributed by atoms with Gasteiger partial charge in [-0.15, -0.1) is 0 Å². The van der Waals surface area contributed by atoms with Gasteiger partial charge in [0.15, 0.2) is 0 Å². The molecule has 0 atom stereocenters. The van der Waals surface area contributed by atoms with Gasteiger partial charge in [-0.1, -0.05) is 43.0 Å². The van der Waals surface area contributed by atoms with Crippen LogP contribution in [0.4, 0.5) is 8.78 Å². The highest BCUT2D eigenvalue weighted by molar-refractivity contribution is 6.02. The number of hydrogen-bond donors (Lipinski definition) is 0. The molecule has 1 aromatic rings. The fourth-order valence-corrected chi connectivity index (χ4v) is 1.10. The van der Waals surface area contributed by atoms with Crippen LogP contribution in [0.25, 0.3) is 0 Å². The third-order valence-corrected chi connectivity index (χ3v) is 1.90. The second-order valence-corrected chi connectivity index (χ2v) is 3.17. The number of carbonyl (C=O) groups excluding carboxylic acids is 1. The smallest absolute Gasteiger partial charge is 0.287 e. The van der Waals surface area contributed by atoms with E-state index < -0.39 is 11.7 Å². The first-order chi connectivity index (χ1) is 8.08. The van der Waals surface area contributed by atoms with Gasteiger partial charge < -0.3 is 0 Å². The first-order valence-corrected chi connectivity index (χ1v) is 4.87. The number of alkyl halides is 2. The third-order valence-electron chi connectivity index (χ3n) is 1.90. The van der Waals surface area contributed by atoms with Gasteiger partial charge in [-0.05, 0) is 0 Å². The Balaban J connectivity index is 2.84. The van der Waals surface area contributed by atoms with E-state index in [0.717, 1.165) is 6.20 Å². The van der Waals surface area contributed by atoms with Gasteiger partial charge in [0.2, 0.25) is 5.78 Å². The number of aliphatic imine (C=N–C) groups is 1. The van der Waals surface area contributed by atoms with E-state index in [-0.39, 0.29) is 5.56 Å². The number of allylic oxidation sites excluding steroid dienone is 2. The van der Waals surface area contributed by atoms with E-state index in [1.165, 1.54) is 36.6 Å². The van der Waals surface area contributed by atoms with E-state index >= 15 is 0 Å². The Hall–Kier alpha value is -2.10. The topological polar surface area (TPSA) is 29.4 Å². The Bertz CT molecular complexity index is 450. The molecule has 1 rings (SSSR count). The van der Waals surface area contributed by atoms with Gasteiger partial charge in [0.1, 0.15) is 0 Å². The van der Waals surface area contributed by atoms with Crippen molar-refractivity contribution < 1.29 is 13.6 Å². The molecule has 1 aromatic carbocycles. The molecule has 88 valence electrons. The maximum absolute atomic E-state index is 13.4. The molecule has 0 unspecified atom stereocenters. The van der Waals surface area contributed by atoms with Crippen LogP contribution in [0.2, 0.25) is 0 Å². The molecule has 4 heteroatoms. The average Bonchev–Trinajstić information content (AvgIpc) is 2.35. The van der Waals surface area contributed by atoms with Gasteiger partial charge in [0, 0.05) is 24.1 Å². The highest BCUT2D eigenvalue weighted by Crippen LogP contribution is 2.21. The van der Waals surface area contributed by atoms with Crippen molar-refractivity contribution in [2.45, 2.75) is 5.92 Å². The van der Waals surface area contributed by atoms with Crippen LogP contribution < -0.4 is 0 Å². The standard InChI is InChI=1S/C13H11F2NO/c1-2-9-16-10-8-13(14,15)12(17)11-6-4-3-5-7-11/h2-10H,1H2/b10-8+,16-9?. The lowest BCUT2D eigenvalue weighted by atomic mass is 10.1. The number of benzene rings is 1. The predicted molar refractivity (Wildman–Crippen MR) is 63.5 cm³/mol. The zero-order valence-electron chi connectivity index (χ0n) is 9.01. The Morgan fingerprint density at radius 1 is 1.29 bits per heavy atom. The largest absolute Gasteiger partial charge is 0.329 e. The molecule has 0 saturated heterocycles. The summed E-state index contributed by atoms with van der Waals surface area (Å²) in [5.74, 6) is -4.80. The van der Waals surface area contributed by atoms with Crippen LogP contribution in [-0.4, -0.2) is 17.9 Å². The highest BCUT2D eigenvalue weighted by atomic mass is 19.3. The Kier molecular flexibility index (Phi) is 4.46. The summed E-state index contributed by atoms with van der Waals surface area (Å²) in [6.45, 7) is 3.34. The lowest BCUT2D eigenvalue weighted by molar-refractivity contribution is 0.0380. The SMILES string of the molecule is C=CC=N/C=C/C(F)(F)C(=O)c1ccccc1. The summed E-state index contributed by atoms with van der Waals surface area (Å²) < 4.78 is 26.8. The molecule has 0 aliphatic rings. The summed E-state index contributed by atoms with van der Waals surface area (Å²) in [4.78, 5) is 15.0. The van der Waals surface area contributed by atoms with Crippen LogP contribution in [0.1, 0.15) is 10.4 Å². The molecule has 0 bridgehead atoms. The zero-order valence-corrected chi connectivity index (χ0v) is 9.01. The minimum Gasteiger partial charge on any atom is -0.287 e. The highest BCUT2D eigenvalue weighted by Gasteiger charge is 2.36. The molecule has 2 nitrogen and oxygen atoms in total. The first kappa shape index (κ1) is 13.0. The van der Waals surface area contributed by atoms with Crippen LogP contribution in [0.5, 0.6) is 0 Å². The monoisotopic (exact) mass is 235 g/mol. The van der Waals surface area contributed by atoms with Gasteiger partial charge in [-0.3, -0.25) is 9.79 Å². The Morgan fingerprint density at radius 3 is 2.53 bits per heavy atom. The molecule has 0 fully saturated rings. The number of hydrogen-bond acceptors (Lipinski definition) is 2. The number of nitrogens with zero attached hydrogens (tertiary/aromatic N) is 1. The van der Waals surface area contributed by atoms with Gasteiger partial charge in [0.05, 0.1) is 0 Å². The van der Waals surface area contributed by atoms with E-state index in [4.69, 9.17) is 0 Å². The van der Waals surface area contributed by atoms with Crippen molar-refractivity contribution in [1.29, 1.82) is 0 Å². The summed E-state index contributed by atoms with van der Waals surface area (Å²) in [5.41, 5.74) is -0.0325. The summed E-state index contributed by atoms with van der Waals surface area (Å²) in [6.07, 6.45) is 3.94. The minimum absolute atomic E-state index is 0.0325. The van der Waals surface area contributed by atoms with Crippen molar-refractivity contribution in [2.75, 3.05) is 0 Å². The molecular formula is C13H11F2NO. The molecule has 0 saturated carbocycles. The molecule has 17 heavy (non-hydrogen) atoms. The van der Waals surface area contributed by atoms with Crippen LogP contribution in [-0.2, 0) is 0 Å². The molecule has 0 spiro atoms. The maximum atomic E-state index is 13.4. The molecule has 0 aliphatic carbocycles. The molecule has 0 amide bonds. The van der Waals surface area contributed by atoms with Crippen molar-refractivity contribution in [3.05, 3.63) is 60.8 Å². The van der Waals surface area contributed by atoms with Crippen LogP contribution in [0.3, 0.4) is 0 Å². The lowest BCUT2D eigenvalue weighted by Crippen LogP contribution is -2.25. The number of halogens is 2. The molecule has 0 aromatic heterocycles. The van der Waals surface area contributed by atoms with Gasteiger partial charge in [0.25, 0.3) is 0 Å². The molecular weight excluding hydrogens is 224 g/mol. The van der Waals surface area contributed by atoms with Crippen molar-refractivity contribution >= 4 is 12.0 Å². The summed E-state index contributed by atoms with van der Waals surface area (Å²) in [5, 5.41) is 0. The molecule has 0 heterocycles. The Labute approximate surface area is 98.0 Å². The van der Waals surface area contributed by atoms with Crippen LogP contribution in [0, 0.1) is 0 Å². The second-order valence-electron chi connectivity index (χ2n) is 3.17. The maximum Gasteiger partial charge on any atom is 0.329 e. The lowest BCUT2D eigenvalue weighted by Gasteiger charge is -2.09. The summed E-state index contributed by atoms with van der Waals surface area (Å²) in [6, 6.07) is 7.40. The average molecular weight is 235 g/mol. The van der Waals surface area contributed by atoms with E-state index in [1.807, 2.05) is 0 Å². The van der Waals surface area contributed by atoms with E-state index in [9.17, 15) is 13.6 Å². The minimum atomic E-state index is -3.56.